The van der Waals surface area contributed by atoms with Crippen LogP contribution in [-0.4, -0.2) is 25.7 Å². The number of ketones is 1. The van der Waals surface area contributed by atoms with Crippen molar-refractivity contribution in [2.75, 3.05) is 0 Å². The van der Waals surface area contributed by atoms with Gasteiger partial charge in [0.2, 0.25) is 0 Å². The first-order chi connectivity index (χ1) is 14.5. The molecule has 0 atom stereocenters. The third kappa shape index (κ3) is 4.10. The predicted octanol–water partition coefficient (Wildman–Crippen LogP) is 2.94. The smallest absolute Gasteiger partial charge is 0.286 e. The van der Waals surface area contributed by atoms with E-state index in [-0.39, 0.29) is 10.6 Å². The van der Waals surface area contributed by atoms with Crippen LogP contribution >= 0.6 is 11.6 Å². The molecular formula is C20H16ClFN4O5. The summed E-state index contributed by atoms with van der Waals surface area (Å²) in [5.74, 6) is -2.24. The maximum absolute atomic E-state index is 13.5. The highest BCUT2D eigenvalue weighted by Gasteiger charge is 2.22. The van der Waals surface area contributed by atoms with Crippen LogP contribution in [0.15, 0.2) is 41.3 Å². The molecule has 0 saturated heterocycles. The second-order valence-corrected chi connectivity index (χ2v) is 7.22. The number of hydrogen-bond acceptors (Lipinski definition) is 5. The number of Topliss-reactive ketones (excluding diaryl/α,β-unsaturated/α-hetero) is 1. The Hall–Kier alpha value is -3.79. The van der Waals surface area contributed by atoms with E-state index in [0.717, 1.165) is 16.8 Å². The number of rotatable bonds is 6. The number of halogens is 2. The molecule has 9 nitrogen and oxygen atoms in total. The maximum atomic E-state index is 13.5. The standard InChI is InChI=1S/C20H16ClFN4O5/c1-10-5-14(11(2)25(10)12-3-4-17(22)16(21)7-12)18(27)9-24-8-13(26(30)31)6-15(19(23)28)20(24)29/h3-8H,9H2,1-2H3,(H2,23,28). The van der Waals surface area contributed by atoms with Crippen molar-refractivity contribution in [2.45, 2.75) is 20.4 Å². The van der Waals surface area contributed by atoms with Crippen molar-refractivity contribution in [1.82, 2.24) is 9.13 Å². The Morgan fingerprint density at radius 1 is 1.19 bits per heavy atom. The van der Waals surface area contributed by atoms with Crippen LogP contribution in [0, 0.1) is 29.8 Å². The average Bonchev–Trinajstić information content (AvgIpc) is 2.99. The molecular weight excluding hydrogens is 431 g/mol. The number of aryl methyl sites for hydroxylation is 1. The predicted molar refractivity (Wildman–Crippen MR) is 110 cm³/mol. The highest BCUT2D eigenvalue weighted by Crippen LogP contribution is 2.25. The van der Waals surface area contributed by atoms with Crippen molar-refractivity contribution in [3.05, 3.63) is 90.4 Å². The first-order valence-corrected chi connectivity index (χ1v) is 9.25. The van der Waals surface area contributed by atoms with E-state index in [9.17, 15) is 28.9 Å². The molecule has 0 radical (unpaired) electrons. The number of carbonyl (C=O) groups is 2. The molecule has 160 valence electrons. The van der Waals surface area contributed by atoms with E-state index in [1.54, 1.807) is 24.5 Å². The molecule has 3 rings (SSSR count). The number of nitrogens with zero attached hydrogens (tertiary/aromatic N) is 3. The molecule has 0 unspecified atom stereocenters. The van der Waals surface area contributed by atoms with Gasteiger partial charge in [0.1, 0.15) is 11.4 Å². The number of hydrogen-bond donors (Lipinski definition) is 1. The number of nitro groups is 1. The molecule has 0 aliphatic carbocycles. The lowest BCUT2D eigenvalue weighted by Crippen LogP contribution is -2.31. The topological polar surface area (TPSA) is 130 Å². The minimum Gasteiger partial charge on any atom is -0.365 e. The Kier molecular flexibility index (Phi) is 5.76. The van der Waals surface area contributed by atoms with Gasteiger partial charge in [-0.3, -0.25) is 24.5 Å². The highest BCUT2D eigenvalue weighted by molar-refractivity contribution is 6.30. The van der Waals surface area contributed by atoms with Gasteiger partial charge in [-0.2, -0.15) is 0 Å². The van der Waals surface area contributed by atoms with Gasteiger partial charge in [-0.05, 0) is 38.1 Å². The molecule has 2 N–H and O–H groups in total. The first-order valence-electron chi connectivity index (χ1n) is 8.87. The minimum absolute atomic E-state index is 0.0833. The number of aromatic nitrogens is 2. The summed E-state index contributed by atoms with van der Waals surface area (Å²) < 4.78 is 16.0. The minimum atomic E-state index is -1.14. The van der Waals surface area contributed by atoms with Crippen molar-refractivity contribution >= 4 is 29.0 Å². The summed E-state index contributed by atoms with van der Waals surface area (Å²) in [5, 5.41) is 11.0. The Morgan fingerprint density at radius 3 is 2.45 bits per heavy atom. The number of benzene rings is 1. The molecule has 0 spiro atoms. The normalized spacial score (nSPS) is 10.8. The summed E-state index contributed by atoms with van der Waals surface area (Å²) in [6, 6.07) is 6.46. The molecule has 1 aromatic carbocycles. The molecule has 31 heavy (non-hydrogen) atoms. The second kappa shape index (κ2) is 8.15. The van der Waals surface area contributed by atoms with Gasteiger partial charge in [0.05, 0.1) is 22.7 Å². The molecule has 0 fully saturated rings. The van der Waals surface area contributed by atoms with Crippen molar-refractivity contribution in [2.24, 2.45) is 5.73 Å². The number of carbonyl (C=O) groups excluding carboxylic acids is 2. The summed E-state index contributed by atoms with van der Waals surface area (Å²) in [7, 11) is 0. The fourth-order valence-electron chi connectivity index (χ4n) is 3.32. The van der Waals surface area contributed by atoms with E-state index >= 15 is 0 Å². The van der Waals surface area contributed by atoms with Crippen molar-refractivity contribution in [1.29, 1.82) is 0 Å². The van der Waals surface area contributed by atoms with Gasteiger partial charge in [-0.15, -0.1) is 0 Å². The third-order valence-electron chi connectivity index (χ3n) is 4.75. The largest absolute Gasteiger partial charge is 0.365 e. The average molecular weight is 447 g/mol. The Morgan fingerprint density at radius 2 is 1.87 bits per heavy atom. The highest BCUT2D eigenvalue weighted by atomic mass is 35.5. The molecule has 1 amide bonds. The SMILES string of the molecule is Cc1cc(C(=O)Cn2cc([N+](=O)[O-])cc(C(N)=O)c2=O)c(C)n1-c1ccc(F)c(Cl)c1. The number of primary amides is 1. The quantitative estimate of drug-likeness (QED) is 0.353. The van der Waals surface area contributed by atoms with Crippen LogP contribution in [0.1, 0.15) is 32.1 Å². The summed E-state index contributed by atoms with van der Waals surface area (Å²) in [6.07, 6.45) is 0.881. The van der Waals surface area contributed by atoms with Gasteiger partial charge in [0.25, 0.3) is 17.2 Å². The lowest BCUT2D eigenvalue weighted by molar-refractivity contribution is -0.385. The lowest BCUT2D eigenvalue weighted by atomic mass is 10.1. The maximum Gasteiger partial charge on any atom is 0.286 e. The van der Waals surface area contributed by atoms with E-state index in [2.05, 4.69) is 0 Å². The van der Waals surface area contributed by atoms with E-state index < -0.39 is 45.8 Å². The molecule has 2 aromatic heterocycles. The van der Waals surface area contributed by atoms with Crippen LogP contribution in [0.2, 0.25) is 5.02 Å². The zero-order valence-corrected chi connectivity index (χ0v) is 17.1. The fraction of sp³-hybridized carbons (Fsp3) is 0.150. The van der Waals surface area contributed by atoms with Crippen LogP contribution < -0.4 is 11.3 Å². The molecule has 2 heterocycles. The fourth-order valence-corrected chi connectivity index (χ4v) is 3.49. The van der Waals surface area contributed by atoms with Gasteiger partial charge in [0.15, 0.2) is 5.78 Å². The van der Waals surface area contributed by atoms with Gasteiger partial charge in [0, 0.05) is 28.7 Å². The van der Waals surface area contributed by atoms with E-state index in [1.165, 1.54) is 18.2 Å². The van der Waals surface area contributed by atoms with Crippen LogP contribution in [-0.2, 0) is 6.54 Å². The summed E-state index contributed by atoms with van der Waals surface area (Å²) >= 11 is 5.86. The number of pyridine rings is 1. The van der Waals surface area contributed by atoms with Crippen LogP contribution in [0.5, 0.6) is 0 Å². The van der Waals surface area contributed by atoms with Gasteiger partial charge in [-0.1, -0.05) is 11.6 Å². The van der Waals surface area contributed by atoms with Gasteiger partial charge >= 0.3 is 0 Å². The van der Waals surface area contributed by atoms with E-state index in [1.807, 2.05) is 0 Å². The van der Waals surface area contributed by atoms with Gasteiger partial charge in [-0.25, -0.2) is 4.39 Å². The van der Waals surface area contributed by atoms with E-state index in [0.29, 0.717) is 17.1 Å². The molecule has 0 bridgehead atoms. The zero-order valence-electron chi connectivity index (χ0n) is 16.4. The van der Waals surface area contributed by atoms with Crippen LogP contribution in [0.25, 0.3) is 5.69 Å². The molecule has 3 aromatic rings. The molecule has 11 heteroatoms. The second-order valence-electron chi connectivity index (χ2n) is 6.81. The van der Waals surface area contributed by atoms with Crippen LogP contribution in [0.4, 0.5) is 10.1 Å². The van der Waals surface area contributed by atoms with Crippen molar-refractivity contribution in [3.63, 3.8) is 0 Å². The Balaban J connectivity index is 2.04. The van der Waals surface area contributed by atoms with E-state index in [4.69, 9.17) is 17.3 Å². The number of nitrogens with two attached hydrogens (primary N) is 1. The van der Waals surface area contributed by atoms with Crippen molar-refractivity contribution < 1.29 is 18.9 Å². The first kappa shape index (κ1) is 21.9. The van der Waals surface area contributed by atoms with Crippen LogP contribution in [0.3, 0.4) is 0 Å². The third-order valence-corrected chi connectivity index (χ3v) is 5.04. The monoisotopic (exact) mass is 446 g/mol. The lowest BCUT2D eigenvalue weighted by Gasteiger charge is -2.11. The zero-order chi connectivity index (χ0) is 23.0. The number of amides is 1. The molecule has 0 saturated carbocycles. The Bertz CT molecular complexity index is 1310. The summed E-state index contributed by atoms with van der Waals surface area (Å²) in [6.45, 7) is 2.84. The Labute approximate surface area is 179 Å². The summed E-state index contributed by atoms with van der Waals surface area (Å²) in [5.41, 5.74) is 5.00. The molecule has 0 aliphatic rings. The van der Waals surface area contributed by atoms with Gasteiger partial charge < -0.3 is 14.9 Å². The summed E-state index contributed by atoms with van der Waals surface area (Å²) in [4.78, 5) is 47.2. The van der Waals surface area contributed by atoms with Crippen molar-refractivity contribution in [3.8, 4) is 5.69 Å². The molecule has 0 aliphatic heterocycles.